The van der Waals surface area contributed by atoms with Crippen LogP contribution in [0.15, 0.2) is 0 Å². The van der Waals surface area contributed by atoms with Gasteiger partial charge < -0.3 is 10.2 Å². The molecule has 0 aliphatic heterocycles. The molecule has 2 N–H and O–H groups in total. The van der Waals surface area contributed by atoms with Crippen LogP contribution < -0.4 is 0 Å². The summed E-state index contributed by atoms with van der Waals surface area (Å²) in [7, 11) is 0. The Labute approximate surface area is 75.6 Å². The van der Waals surface area contributed by atoms with Gasteiger partial charge in [0.05, 0.1) is 12.2 Å². The Kier molecular flexibility index (Phi) is 5.51. The van der Waals surface area contributed by atoms with Crippen LogP contribution in [0.1, 0.15) is 40.5 Å². The molecule has 0 aromatic rings. The van der Waals surface area contributed by atoms with Crippen molar-refractivity contribution in [3.05, 3.63) is 0 Å². The van der Waals surface area contributed by atoms with E-state index in [0.29, 0.717) is 12.3 Å². The van der Waals surface area contributed by atoms with Crippen molar-refractivity contribution >= 4 is 0 Å². The molecule has 2 nitrogen and oxygen atoms in total. The highest BCUT2D eigenvalue weighted by molar-refractivity contribution is 4.71. The Hall–Kier alpha value is -0.0800. The molecule has 0 aromatic heterocycles. The third kappa shape index (κ3) is 4.07. The lowest BCUT2D eigenvalue weighted by Crippen LogP contribution is -2.26. The zero-order valence-corrected chi connectivity index (χ0v) is 8.62. The second-order valence-electron chi connectivity index (χ2n) is 3.90. The molecule has 4 atom stereocenters. The molecule has 0 amide bonds. The summed E-state index contributed by atoms with van der Waals surface area (Å²) in [5.74, 6) is 0.809. The molecule has 0 radical (unpaired) electrons. The van der Waals surface area contributed by atoms with Gasteiger partial charge in [-0.05, 0) is 25.2 Å². The van der Waals surface area contributed by atoms with Crippen LogP contribution in [0.4, 0.5) is 0 Å². The average molecular weight is 174 g/mol. The minimum atomic E-state index is -0.397. The molecule has 0 fully saturated rings. The predicted molar refractivity (Wildman–Crippen MR) is 50.9 cm³/mol. The molecular formula is C10H22O2. The van der Waals surface area contributed by atoms with Crippen molar-refractivity contribution in [1.29, 1.82) is 0 Å². The number of hydrogen-bond donors (Lipinski definition) is 2. The minimum absolute atomic E-state index is 0.282. The van der Waals surface area contributed by atoms with Gasteiger partial charge in [-0.25, -0.2) is 0 Å². The largest absolute Gasteiger partial charge is 0.393 e. The lowest BCUT2D eigenvalue weighted by molar-refractivity contribution is 0.0373. The minimum Gasteiger partial charge on any atom is -0.393 e. The van der Waals surface area contributed by atoms with Gasteiger partial charge in [0.25, 0.3) is 0 Å². The van der Waals surface area contributed by atoms with Crippen LogP contribution in [0.25, 0.3) is 0 Å². The van der Waals surface area contributed by atoms with Crippen LogP contribution in [0, 0.1) is 11.8 Å². The first kappa shape index (κ1) is 11.9. The summed E-state index contributed by atoms with van der Waals surface area (Å²) >= 11 is 0. The fourth-order valence-electron chi connectivity index (χ4n) is 1.32. The summed E-state index contributed by atoms with van der Waals surface area (Å²) in [6.45, 7) is 8.01. The van der Waals surface area contributed by atoms with E-state index in [1.165, 1.54) is 0 Å². The van der Waals surface area contributed by atoms with E-state index in [0.717, 1.165) is 6.42 Å². The summed E-state index contributed by atoms with van der Waals surface area (Å²) in [5, 5.41) is 18.7. The third-order valence-electron chi connectivity index (χ3n) is 2.73. The van der Waals surface area contributed by atoms with Crippen molar-refractivity contribution < 1.29 is 10.2 Å². The Balaban J connectivity index is 3.83. The van der Waals surface area contributed by atoms with E-state index in [2.05, 4.69) is 13.8 Å². The van der Waals surface area contributed by atoms with E-state index in [9.17, 15) is 5.11 Å². The first-order valence-electron chi connectivity index (χ1n) is 4.85. The molecule has 0 spiro atoms. The highest BCUT2D eigenvalue weighted by Crippen LogP contribution is 2.20. The lowest BCUT2D eigenvalue weighted by Gasteiger charge is -2.24. The summed E-state index contributed by atoms with van der Waals surface area (Å²) in [4.78, 5) is 0. The maximum absolute atomic E-state index is 9.63. The number of aliphatic hydroxyl groups is 2. The van der Waals surface area contributed by atoms with Gasteiger partial charge in [0, 0.05) is 0 Å². The van der Waals surface area contributed by atoms with E-state index < -0.39 is 6.10 Å². The van der Waals surface area contributed by atoms with E-state index in [1.54, 1.807) is 6.92 Å². The highest BCUT2D eigenvalue weighted by Gasteiger charge is 2.20. The summed E-state index contributed by atoms with van der Waals surface area (Å²) in [6, 6.07) is 0. The van der Waals surface area contributed by atoms with Crippen LogP contribution in [-0.2, 0) is 0 Å². The summed E-state index contributed by atoms with van der Waals surface area (Å²) in [5.41, 5.74) is 0. The monoisotopic (exact) mass is 174 g/mol. The molecule has 0 saturated heterocycles. The van der Waals surface area contributed by atoms with Crippen LogP contribution in [0.5, 0.6) is 0 Å². The Bertz CT molecular complexity index is 112. The average Bonchev–Trinajstić information content (AvgIpc) is 2.00. The van der Waals surface area contributed by atoms with E-state index in [-0.39, 0.29) is 12.0 Å². The van der Waals surface area contributed by atoms with E-state index >= 15 is 0 Å². The SMILES string of the molecule is CCC(C)C(C)C(O)CC(C)O. The second-order valence-corrected chi connectivity index (χ2v) is 3.90. The van der Waals surface area contributed by atoms with E-state index in [4.69, 9.17) is 5.11 Å². The maximum Gasteiger partial charge on any atom is 0.0592 e. The zero-order chi connectivity index (χ0) is 9.72. The van der Waals surface area contributed by atoms with Crippen LogP contribution >= 0.6 is 0 Å². The molecule has 0 heterocycles. The molecule has 0 aliphatic rings. The molecule has 2 heteroatoms. The van der Waals surface area contributed by atoms with Crippen LogP contribution in [0.3, 0.4) is 0 Å². The topological polar surface area (TPSA) is 40.5 Å². The van der Waals surface area contributed by atoms with Gasteiger partial charge in [-0.2, -0.15) is 0 Å². The maximum atomic E-state index is 9.63. The normalized spacial score (nSPS) is 21.5. The van der Waals surface area contributed by atoms with E-state index in [1.807, 2.05) is 6.92 Å². The van der Waals surface area contributed by atoms with Gasteiger partial charge in [0.2, 0.25) is 0 Å². The Morgan fingerprint density at radius 1 is 1.08 bits per heavy atom. The van der Waals surface area contributed by atoms with Crippen molar-refractivity contribution in [1.82, 2.24) is 0 Å². The van der Waals surface area contributed by atoms with Gasteiger partial charge in [-0.3, -0.25) is 0 Å². The lowest BCUT2D eigenvalue weighted by atomic mass is 9.86. The molecule has 0 bridgehead atoms. The van der Waals surface area contributed by atoms with Gasteiger partial charge >= 0.3 is 0 Å². The summed E-state index contributed by atoms with van der Waals surface area (Å²) < 4.78 is 0. The van der Waals surface area contributed by atoms with Crippen molar-refractivity contribution in [2.45, 2.75) is 52.7 Å². The predicted octanol–water partition coefficient (Wildman–Crippen LogP) is 1.80. The van der Waals surface area contributed by atoms with Crippen molar-refractivity contribution in [2.75, 3.05) is 0 Å². The highest BCUT2D eigenvalue weighted by atomic mass is 16.3. The second kappa shape index (κ2) is 5.55. The molecule has 4 unspecified atom stereocenters. The zero-order valence-electron chi connectivity index (χ0n) is 8.62. The number of aliphatic hydroxyl groups excluding tert-OH is 2. The Morgan fingerprint density at radius 2 is 1.58 bits per heavy atom. The summed E-state index contributed by atoms with van der Waals surface area (Å²) in [6.07, 6.45) is 0.815. The number of rotatable bonds is 5. The van der Waals surface area contributed by atoms with Gasteiger partial charge in [0.15, 0.2) is 0 Å². The van der Waals surface area contributed by atoms with Gasteiger partial charge in [-0.15, -0.1) is 0 Å². The van der Waals surface area contributed by atoms with Crippen molar-refractivity contribution in [2.24, 2.45) is 11.8 Å². The first-order chi connectivity index (χ1) is 5.49. The molecule has 74 valence electrons. The van der Waals surface area contributed by atoms with Crippen LogP contribution in [0.2, 0.25) is 0 Å². The standard InChI is InChI=1S/C10H22O2/c1-5-7(2)9(4)10(12)6-8(3)11/h7-12H,5-6H2,1-4H3. The quantitative estimate of drug-likeness (QED) is 0.667. The first-order valence-corrected chi connectivity index (χ1v) is 4.85. The third-order valence-corrected chi connectivity index (χ3v) is 2.73. The molecule has 0 saturated carbocycles. The van der Waals surface area contributed by atoms with Crippen LogP contribution in [-0.4, -0.2) is 22.4 Å². The van der Waals surface area contributed by atoms with Gasteiger partial charge in [-0.1, -0.05) is 27.2 Å². The Morgan fingerprint density at radius 3 is 1.92 bits per heavy atom. The fourth-order valence-corrected chi connectivity index (χ4v) is 1.32. The van der Waals surface area contributed by atoms with Crippen molar-refractivity contribution in [3.63, 3.8) is 0 Å². The van der Waals surface area contributed by atoms with Crippen molar-refractivity contribution in [3.8, 4) is 0 Å². The molecule has 0 aromatic carbocycles. The molecule has 12 heavy (non-hydrogen) atoms. The smallest absolute Gasteiger partial charge is 0.0592 e. The molecule has 0 aliphatic carbocycles. The molecule has 0 rings (SSSR count). The fraction of sp³-hybridized carbons (Fsp3) is 1.00. The number of hydrogen-bond acceptors (Lipinski definition) is 2. The molecular weight excluding hydrogens is 152 g/mol. The van der Waals surface area contributed by atoms with Gasteiger partial charge in [0.1, 0.15) is 0 Å².